The molecule has 4 rings (SSSR count). The van der Waals surface area contributed by atoms with E-state index in [2.05, 4.69) is 14.9 Å². The quantitative estimate of drug-likeness (QED) is 0.509. The summed E-state index contributed by atoms with van der Waals surface area (Å²) in [5.41, 5.74) is 0.609. The number of rotatable bonds is 8. The van der Waals surface area contributed by atoms with Crippen LogP contribution in [-0.4, -0.2) is 38.9 Å². The number of amides is 1. The Hall–Kier alpha value is -2.81. The first-order valence-corrected chi connectivity index (χ1v) is 12.2. The molecule has 1 aliphatic heterocycles. The summed E-state index contributed by atoms with van der Waals surface area (Å²) in [6.45, 7) is 2.26. The van der Waals surface area contributed by atoms with Gasteiger partial charge in [-0.3, -0.25) is 14.4 Å². The zero-order valence-corrected chi connectivity index (χ0v) is 18.9. The molecule has 1 fully saturated rings. The molecule has 0 bridgehead atoms. The Morgan fingerprint density at radius 1 is 1.06 bits per heavy atom. The second-order valence-electron chi connectivity index (χ2n) is 7.63. The third-order valence-electron chi connectivity index (χ3n) is 5.39. The van der Waals surface area contributed by atoms with E-state index in [-0.39, 0.29) is 22.4 Å². The predicted molar refractivity (Wildman–Crippen MR) is 123 cm³/mol. The summed E-state index contributed by atoms with van der Waals surface area (Å²) in [5.74, 6) is 0.454. The first-order valence-electron chi connectivity index (χ1n) is 10.4. The van der Waals surface area contributed by atoms with Crippen molar-refractivity contribution < 1.29 is 17.6 Å². The molecule has 2 N–H and O–H groups in total. The molecular weight excluding hydrogens is 450 g/mol. The summed E-state index contributed by atoms with van der Waals surface area (Å²) >= 11 is 5.93. The minimum absolute atomic E-state index is 0.00717. The van der Waals surface area contributed by atoms with Gasteiger partial charge in [0, 0.05) is 17.1 Å². The smallest absolute Gasteiger partial charge is 0.261 e. The Bertz CT molecular complexity index is 1180. The van der Waals surface area contributed by atoms with E-state index in [1.807, 2.05) is 12.1 Å². The highest BCUT2D eigenvalue weighted by Gasteiger charge is 2.26. The maximum atomic E-state index is 12.8. The Morgan fingerprint density at radius 3 is 2.56 bits per heavy atom. The monoisotopic (exact) mass is 473 g/mol. The molecule has 3 aromatic rings. The topological polar surface area (TPSA) is 91.7 Å². The number of carbonyl (C=O) groups excluding carboxylic acids is 1. The highest BCUT2D eigenvalue weighted by Crippen LogP contribution is 2.25. The molecule has 1 atom stereocenters. The summed E-state index contributed by atoms with van der Waals surface area (Å²) in [7, 11) is -3.88. The third kappa shape index (κ3) is 5.32. The third-order valence-corrected chi connectivity index (χ3v) is 7.01. The standard InChI is InChI=1S/C23H24ClN3O4S/c24-18-7-4-8-19(15-18)26-32(29,30)20-9-3-6-17(14-20)23(28)25-16-21(22-10-5-13-31-22)27-11-1-2-12-27/h3-10,13-15,21,26H,1-2,11-12,16H2,(H,25,28). The maximum Gasteiger partial charge on any atom is 0.261 e. The molecule has 1 unspecified atom stereocenters. The second-order valence-corrected chi connectivity index (χ2v) is 9.75. The molecule has 1 saturated heterocycles. The van der Waals surface area contributed by atoms with Crippen molar-refractivity contribution in [3.05, 3.63) is 83.3 Å². The zero-order chi connectivity index (χ0) is 22.6. The van der Waals surface area contributed by atoms with Gasteiger partial charge in [-0.25, -0.2) is 8.42 Å². The van der Waals surface area contributed by atoms with Crippen LogP contribution in [0, 0.1) is 0 Å². The molecule has 1 amide bonds. The van der Waals surface area contributed by atoms with Gasteiger partial charge >= 0.3 is 0 Å². The van der Waals surface area contributed by atoms with Crippen molar-refractivity contribution in [1.29, 1.82) is 0 Å². The van der Waals surface area contributed by atoms with Gasteiger partial charge < -0.3 is 9.73 Å². The van der Waals surface area contributed by atoms with Gasteiger partial charge in [0.2, 0.25) is 0 Å². The summed E-state index contributed by atoms with van der Waals surface area (Å²) < 4.78 is 33.6. The van der Waals surface area contributed by atoms with Crippen molar-refractivity contribution in [2.24, 2.45) is 0 Å². The van der Waals surface area contributed by atoms with Gasteiger partial charge in [0.15, 0.2) is 0 Å². The predicted octanol–water partition coefficient (Wildman–Crippen LogP) is 4.30. The van der Waals surface area contributed by atoms with E-state index in [1.54, 1.807) is 36.6 Å². The largest absolute Gasteiger partial charge is 0.468 e. The summed E-state index contributed by atoms with van der Waals surface area (Å²) in [6.07, 6.45) is 3.86. The number of hydrogen-bond acceptors (Lipinski definition) is 5. The molecule has 0 saturated carbocycles. The van der Waals surface area contributed by atoms with Crippen LogP contribution in [0.5, 0.6) is 0 Å². The van der Waals surface area contributed by atoms with Crippen LogP contribution in [0.4, 0.5) is 5.69 Å². The minimum Gasteiger partial charge on any atom is -0.468 e. The molecular formula is C23H24ClN3O4S. The number of sulfonamides is 1. The molecule has 9 heteroatoms. The summed E-state index contributed by atoms with van der Waals surface area (Å²) in [5, 5.41) is 3.35. The van der Waals surface area contributed by atoms with Crippen LogP contribution >= 0.6 is 11.6 Å². The van der Waals surface area contributed by atoms with Crippen molar-refractivity contribution >= 4 is 33.2 Å². The minimum atomic E-state index is -3.88. The highest BCUT2D eigenvalue weighted by molar-refractivity contribution is 7.92. The van der Waals surface area contributed by atoms with E-state index < -0.39 is 10.0 Å². The zero-order valence-electron chi connectivity index (χ0n) is 17.3. The van der Waals surface area contributed by atoms with Crippen molar-refractivity contribution in [2.45, 2.75) is 23.8 Å². The number of hydrogen-bond donors (Lipinski definition) is 2. The lowest BCUT2D eigenvalue weighted by atomic mass is 10.1. The van der Waals surface area contributed by atoms with Crippen molar-refractivity contribution in [3.8, 4) is 0 Å². The first kappa shape index (κ1) is 22.4. The molecule has 0 aliphatic carbocycles. The van der Waals surface area contributed by atoms with Crippen LogP contribution in [0.1, 0.15) is 35.0 Å². The molecule has 1 aliphatic rings. The molecule has 2 heterocycles. The molecule has 1 aromatic heterocycles. The summed E-state index contributed by atoms with van der Waals surface area (Å²) in [6, 6.07) is 16.0. The average Bonchev–Trinajstić information content (AvgIpc) is 3.49. The van der Waals surface area contributed by atoms with E-state index in [9.17, 15) is 13.2 Å². The van der Waals surface area contributed by atoms with Gasteiger partial charge in [0.05, 0.1) is 22.9 Å². The second kappa shape index (κ2) is 9.77. The first-order chi connectivity index (χ1) is 15.4. The van der Waals surface area contributed by atoms with Crippen LogP contribution in [0.3, 0.4) is 0 Å². The molecule has 168 valence electrons. The van der Waals surface area contributed by atoms with E-state index in [0.29, 0.717) is 17.3 Å². The van der Waals surface area contributed by atoms with Crippen molar-refractivity contribution in [2.75, 3.05) is 24.4 Å². The van der Waals surface area contributed by atoms with Crippen LogP contribution in [0.15, 0.2) is 76.2 Å². The average molecular weight is 474 g/mol. The van der Waals surface area contributed by atoms with Crippen LogP contribution in [0.2, 0.25) is 5.02 Å². The summed E-state index contributed by atoms with van der Waals surface area (Å²) in [4.78, 5) is 15.1. The van der Waals surface area contributed by atoms with E-state index in [1.165, 1.54) is 18.2 Å². The fourth-order valence-corrected chi connectivity index (χ4v) is 5.09. The molecule has 7 nitrogen and oxygen atoms in total. The van der Waals surface area contributed by atoms with Crippen LogP contribution < -0.4 is 10.0 Å². The number of likely N-dealkylation sites (tertiary alicyclic amines) is 1. The van der Waals surface area contributed by atoms with Gasteiger partial charge in [0.25, 0.3) is 15.9 Å². The lowest BCUT2D eigenvalue weighted by molar-refractivity contribution is 0.0933. The van der Waals surface area contributed by atoms with Crippen LogP contribution in [-0.2, 0) is 10.0 Å². The SMILES string of the molecule is O=C(NCC(c1ccco1)N1CCCC1)c1cccc(S(=O)(=O)Nc2cccc(Cl)c2)c1. The Kier molecular flexibility index (Phi) is 6.83. The number of nitrogens with one attached hydrogen (secondary N) is 2. The van der Waals surface area contributed by atoms with Gasteiger partial charge in [-0.15, -0.1) is 0 Å². The lowest BCUT2D eigenvalue weighted by Crippen LogP contribution is -2.36. The van der Waals surface area contributed by atoms with Crippen molar-refractivity contribution in [3.63, 3.8) is 0 Å². The number of furan rings is 1. The fraction of sp³-hybridized carbons (Fsp3) is 0.261. The maximum absolute atomic E-state index is 12.8. The Labute approximate surface area is 192 Å². The van der Waals surface area contributed by atoms with Gasteiger partial charge in [-0.2, -0.15) is 0 Å². The number of benzene rings is 2. The van der Waals surface area contributed by atoms with E-state index >= 15 is 0 Å². The van der Waals surface area contributed by atoms with Gasteiger partial charge in [-0.05, 0) is 74.5 Å². The normalized spacial score (nSPS) is 15.4. The number of carbonyl (C=O) groups is 1. The van der Waals surface area contributed by atoms with E-state index in [4.69, 9.17) is 16.0 Å². The Balaban J connectivity index is 1.47. The highest BCUT2D eigenvalue weighted by atomic mass is 35.5. The number of anilines is 1. The van der Waals surface area contributed by atoms with Crippen LogP contribution in [0.25, 0.3) is 0 Å². The molecule has 0 radical (unpaired) electrons. The number of halogens is 1. The number of nitrogens with zero attached hydrogens (tertiary/aromatic N) is 1. The van der Waals surface area contributed by atoms with E-state index in [0.717, 1.165) is 31.7 Å². The van der Waals surface area contributed by atoms with Gasteiger partial charge in [0.1, 0.15) is 5.76 Å². The molecule has 32 heavy (non-hydrogen) atoms. The molecule has 2 aromatic carbocycles. The van der Waals surface area contributed by atoms with Gasteiger partial charge in [-0.1, -0.05) is 23.7 Å². The van der Waals surface area contributed by atoms with Crippen molar-refractivity contribution in [1.82, 2.24) is 10.2 Å². The Morgan fingerprint density at radius 2 is 1.84 bits per heavy atom. The molecule has 0 spiro atoms. The lowest BCUT2D eigenvalue weighted by Gasteiger charge is -2.26. The fourth-order valence-electron chi connectivity index (χ4n) is 3.81.